The van der Waals surface area contributed by atoms with Crippen molar-refractivity contribution in [2.24, 2.45) is 11.8 Å². The second-order valence-corrected chi connectivity index (χ2v) is 2.84. The summed E-state index contributed by atoms with van der Waals surface area (Å²) in [6.45, 7) is 6.02. The normalized spacial score (nSPS) is 34.3. The fraction of sp³-hybridized carbons (Fsp3) is 0.556. The van der Waals surface area contributed by atoms with Gasteiger partial charge in [-0.15, -0.1) is 6.58 Å². The van der Waals surface area contributed by atoms with Crippen LogP contribution in [0.25, 0.3) is 0 Å². The highest BCUT2D eigenvalue weighted by molar-refractivity contribution is 5.02. The van der Waals surface area contributed by atoms with Crippen LogP contribution in [-0.2, 0) is 0 Å². The van der Waals surface area contributed by atoms with E-state index in [0.717, 1.165) is 5.92 Å². The average Bonchev–Trinajstić information content (AvgIpc) is 1.90. The van der Waals surface area contributed by atoms with E-state index in [1.807, 2.05) is 6.08 Å². The van der Waals surface area contributed by atoms with Crippen molar-refractivity contribution in [3.05, 3.63) is 24.8 Å². The van der Waals surface area contributed by atoms with E-state index in [2.05, 4.69) is 25.7 Å². The Kier molecular flexibility index (Phi) is 2.10. The highest BCUT2D eigenvalue weighted by Gasteiger charge is 2.07. The molecule has 0 nitrogen and oxygen atoms in total. The summed E-state index contributed by atoms with van der Waals surface area (Å²) in [5, 5.41) is 0. The van der Waals surface area contributed by atoms with Crippen LogP contribution in [0, 0.1) is 11.8 Å². The van der Waals surface area contributed by atoms with Gasteiger partial charge in [0, 0.05) is 0 Å². The van der Waals surface area contributed by atoms with Crippen molar-refractivity contribution in [1.29, 1.82) is 0 Å². The molecule has 1 rings (SSSR count). The van der Waals surface area contributed by atoms with Crippen molar-refractivity contribution in [3.63, 3.8) is 0 Å². The van der Waals surface area contributed by atoms with Gasteiger partial charge in [0.1, 0.15) is 0 Å². The number of hydrogen-bond donors (Lipinski definition) is 0. The fourth-order valence-electron chi connectivity index (χ4n) is 1.18. The molecule has 0 aromatic carbocycles. The van der Waals surface area contributed by atoms with Gasteiger partial charge >= 0.3 is 0 Å². The predicted octanol–water partition coefficient (Wildman–Crippen LogP) is 2.77. The van der Waals surface area contributed by atoms with Crippen molar-refractivity contribution >= 4 is 0 Å². The van der Waals surface area contributed by atoms with Crippen molar-refractivity contribution < 1.29 is 0 Å². The maximum Gasteiger partial charge on any atom is -0.00559 e. The zero-order valence-corrected chi connectivity index (χ0v) is 6.01. The summed E-state index contributed by atoms with van der Waals surface area (Å²) >= 11 is 0. The summed E-state index contributed by atoms with van der Waals surface area (Å²) in [5.74, 6) is 1.45. The summed E-state index contributed by atoms with van der Waals surface area (Å²) in [4.78, 5) is 0. The quantitative estimate of drug-likeness (QED) is 0.469. The molecule has 0 spiro atoms. The molecular weight excluding hydrogens is 108 g/mol. The number of allylic oxidation sites excluding steroid dienone is 3. The lowest BCUT2D eigenvalue weighted by Crippen LogP contribution is -2.02. The standard InChI is InChI=1S/C9H14/c1-3-9-6-4-8(2)5-7-9/h3-4,6,8-9H,1,5,7H2,2H3. The molecule has 9 heavy (non-hydrogen) atoms. The molecule has 0 amide bonds. The molecule has 1 aliphatic rings. The Morgan fingerprint density at radius 1 is 1.44 bits per heavy atom. The van der Waals surface area contributed by atoms with E-state index >= 15 is 0 Å². The zero-order chi connectivity index (χ0) is 6.69. The van der Waals surface area contributed by atoms with Crippen LogP contribution in [0.4, 0.5) is 0 Å². The Labute approximate surface area is 57.3 Å². The van der Waals surface area contributed by atoms with Gasteiger partial charge in [-0.05, 0) is 24.7 Å². The van der Waals surface area contributed by atoms with E-state index < -0.39 is 0 Å². The largest absolute Gasteiger partial charge is 0.102 e. The summed E-state index contributed by atoms with van der Waals surface area (Å²) in [5.41, 5.74) is 0. The molecule has 0 aromatic rings. The number of hydrogen-bond acceptors (Lipinski definition) is 0. The zero-order valence-electron chi connectivity index (χ0n) is 6.01. The average molecular weight is 122 g/mol. The molecule has 0 heterocycles. The Morgan fingerprint density at radius 3 is 2.67 bits per heavy atom. The molecule has 50 valence electrons. The van der Waals surface area contributed by atoms with Gasteiger partial charge in [-0.3, -0.25) is 0 Å². The van der Waals surface area contributed by atoms with Gasteiger partial charge in [0.25, 0.3) is 0 Å². The minimum absolute atomic E-state index is 0.654. The third kappa shape index (κ3) is 1.70. The lowest BCUT2D eigenvalue weighted by atomic mass is 9.90. The second-order valence-electron chi connectivity index (χ2n) is 2.84. The number of rotatable bonds is 1. The smallest absolute Gasteiger partial charge is 0.00559 e. The minimum atomic E-state index is 0.654. The molecule has 2 unspecified atom stereocenters. The highest BCUT2D eigenvalue weighted by Crippen LogP contribution is 2.21. The van der Waals surface area contributed by atoms with Gasteiger partial charge < -0.3 is 0 Å². The molecule has 0 bridgehead atoms. The first-order chi connectivity index (χ1) is 4.33. The molecule has 0 N–H and O–H groups in total. The molecule has 1 aliphatic carbocycles. The first kappa shape index (κ1) is 6.60. The van der Waals surface area contributed by atoms with Gasteiger partial charge in [-0.1, -0.05) is 25.2 Å². The predicted molar refractivity (Wildman–Crippen MR) is 41.2 cm³/mol. The Bertz CT molecular complexity index is 122. The summed E-state index contributed by atoms with van der Waals surface area (Å²) < 4.78 is 0. The SMILES string of the molecule is C=CC1C=CC(C)CC1. The van der Waals surface area contributed by atoms with Crippen LogP contribution in [0.5, 0.6) is 0 Å². The van der Waals surface area contributed by atoms with E-state index in [0.29, 0.717) is 5.92 Å². The Balaban J connectivity index is 2.47. The Hall–Kier alpha value is -0.520. The minimum Gasteiger partial charge on any atom is -0.102 e. The lowest BCUT2D eigenvalue weighted by molar-refractivity contribution is 0.530. The maximum atomic E-state index is 3.76. The van der Waals surface area contributed by atoms with E-state index in [4.69, 9.17) is 0 Å². The van der Waals surface area contributed by atoms with Crippen LogP contribution in [0.15, 0.2) is 24.8 Å². The maximum absolute atomic E-state index is 3.76. The molecule has 2 atom stereocenters. The molecule has 0 radical (unpaired) electrons. The van der Waals surface area contributed by atoms with Gasteiger partial charge in [0.2, 0.25) is 0 Å². The molecule has 0 heteroatoms. The van der Waals surface area contributed by atoms with Crippen LogP contribution in [0.2, 0.25) is 0 Å². The molecule has 0 aliphatic heterocycles. The summed E-state index contributed by atoms with van der Waals surface area (Å²) in [6, 6.07) is 0. The van der Waals surface area contributed by atoms with E-state index in [1.54, 1.807) is 0 Å². The van der Waals surface area contributed by atoms with E-state index in [1.165, 1.54) is 12.8 Å². The summed E-state index contributed by atoms with van der Waals surface area (Å²) in [6.07, 6.45) is 9.20. The molecule has 0 fully saturated rings. The van der Waals surface area contributed by atoms with E-state index in [-0.39, 0.29) is 0 Å². The van der Waals surface area contributed by atoms with Gasteiger partial charge in [0.15, 0.2) is 0 Å². The van der Waals surface area contributed by atoms with Crippen molar-refractivity contribution in [2.45, 2.75) is 19.8 Å². The van der Waals surface area contributed by atoms with Gasteiger partial charge in [-0.25, -0.2) is 0 Å². The van der Waals surface area contributed by atoms with Gasteiger partial charge in [-0.2, -0.15) is 0 Å². The van der Waals surface area contributed by atoms with Crippen LogP contribution in [0.1, 0.15) is 19.8 Å². The monoisotopic (exact) mass is 122 g/mol. The van der Waals surface area contributed by atoms with Gasteiger partial charge in [0.05, 0.1) is 0 Å². The molecular formula is C9H14. The molecule has 0 aromatic heterocycles. The first-order valence-corrected chi connectivity index (χ1v) is 3.64. The van der Waals surface area contributed by atoms with Crippen molar-refractivity contribution in [3.8, 4) is 0 Å². The van der Waals surface area contributed by atoms with Crippen LogP contribution in [-0.4, -0.2) is 0 Å². The second kappa shape index (κ2) is 2.86. The van der Waals surface area contributed by atoms with Crippen LogP contribution >= 0.6 is 0 Å². The van der Waals surface area contributed by atoms with E-state index in [9.17, 15) is 0 Å². The lowest BCUT2D eigenvalue weighted by Gasteiger charge is -2.16. The first-order valence-electron chi connectivity index (χ1n) is 3.64. The van der Waals surface area contributed by atoms with Crippen LogP contribution < -0.4 is 0 Å². The molecule has 0 saturated carbocycles. The van der Waals surface area contributed by atoms with Crippen LogP contribution in [0.3, 0.4) is 0 Å². The third-order valence-electron chi connectivity index (χ3n) is 1.94. The third-order valence-corrected chi connectivity index (χ3v) is 1.94. The van der Waals surface area contributed by atoms with Crippen molar-refractivity contribution in [1.82, 2.24) is 0 Å². The Morgan fingerprint density at radius 2 is 2.22 bits per heavy atom. The fourth-order valence-corrected chi connectivity index (χ4v) is 1.18. The molecule has 0 saturated heterocycles. The summed E-state index contributed by atoms with van der Waals surface area (Å²) in [7, 11) is 0. The van der Waals surface area contributed by atoms with Crippen molar-refractivity contribution in [2.75, 3.05) is 0 Å². The highest BCUT2D eigenvalue weighted by atomic mass is 14.1. The topological polar surface area (TPSA) is 0 Å².